The van der Waals surface area contributed by atoms with E-state index >= 15 is 0 Å². The average molecular weight is 367 g/mol. The molecule has 1 aromatic heterocycles. The standard InChI is InChI=1S/C16H11F2NO3S2/c17-10-4-3-9(8-11(10)18)19-15(21)13(12-2-1-6-23-12)14(16(19)22)24-7-5-20/h1-4,6,8,20H,5,7H2. The SMILES string of the molecule is O=C1C(SCCO)=C(c2cccs2)C(=O)N1c1ccc(F)c(F)c1. The molecular formula is C16H11F2NO3S2. The lowest BCUT2D eigenvalue weighted by atomic mass is 10.2. The Kier molecular flexibility index (Phi) is 4.79. The van der Waals surface area contributed by atoms with Crippen LogP contribution in [0.2, 0.25) is 0 Å². The maximum atomic E-state index is 13.5. The largest absolute Gasteiger partial charge is 0.396 e. The number of thioether (sulfide) groups is 1. The first-order valence-corrected chi connectivity index (χ1v) is 8.76. The summed E-state index contributed by atoms with van der Waals surface area (Å²) in [6.07, 6.45) is 0. The van der Waals surface area contributed by atoms with E-state index in [1.807, 2.05) is 0 Å². The fraction of sp³-hybridized carbons (Fsp3) is 0.125. The van der Waals surface area contributed by atoms with Gasteiger partial charge in [0, 0.05) is 16.7 Å². The van der Waals surface area contributed by atoms with Crippen LogP contribution in [0.4, 0.5) is 14.5 Å². The highest BCUT2D eigenvalue weighted by atomic mass is 32.2. The Morgan fingerprint density at radius 1 is 1.12 bits per heavy atom. The number of hydrogen-bond donors (Lipinski definition) is 1. The molecule has 0 fully saturated rings. The van der Waals surface area contributed by atoms with Crippen LogP contribution in [0.1, 0.15) is 4.88 Å². The van der Waals surface area contributed by atoms with Gasteiger partial charge in [0.25, 0.3) is 11.8 Å². The Bertz CT molecular complexity index is 834. The van der Waals surface area contributed by atoms with E-state index in [4.69, 9.17) is 5.11 Å². The van der Waals surface area contributed by atoms with Crippen molar-refractivity contribution in [3.05, 3.63) is 57.1 Å². The van der Waals surface area contributed by atoms with Crippen LogP contribution >= 0.6 is 23.1 Å². The second-order valence-electron chi connectivity index (χ2n) is 4.80. The third kappa shape index (κ3) is 2.88. The summed E-state index contributed by atoms with van der Waals surface area (Å²) in [5.74, 6) is -3.14. The first-order valence-electron chi connectivity index (χ1n) is 6.90. The van der Waals surface area contributed by atoms with Crippen molar-refractivity contribution in [1.29, 1.82) is 0 Å². The number of carbonyl (C=O) groups excluding carboxylic acids is 2. The van der Waals surface area contributed by atoms with E-state index < -0.39 is 23.4 Å². The second-order valence-corrected chi connectivity index (χ2v) is 6.85. The summed E-state index contributed by atoms with van der Waals surface area (Å²) in [4.78, 5) is 27.0. The molecule has 1 aliphatic rings. The molecule has 0 radical (unpaired) electrons. The van der Waals surface area contributed by atoms with Crippen LogP contribution in [0.3, 0.4) is 0 Å². The number of hydrogen-bond acceptors (Lipinski definition) is 5. The Balaban J connectivity index is 2.05. The normalized spacial score (nSPS) is 14.9. The van der Waals surface area contributed by atoms with Gasteiger partial charge in [-0.25, -0.2) is 13.7 Å². The topological polar surface area (TPSA) is 57.6 Å². The molecule has 0 saturated carbocycles. The van der Waals surface area contributed by atoms with Crippen LogP contribution in [0.5, 0.6) is 0 Å². The fourth-order valence-corrected chi connectivity index (χ4v) is 3.97. The van der Waals surface area contributed by atoms with Gasteiger partial charge in [0.2, 0.25) is 0 Å². The number of carbonyl (C=O) groups is 2. The van der Waals surface area contributed by atoms with Crippen molar-refractivity contribution in [3.63, 3.8) is 0 Å². The molecule has 0 atom stereocenters. The number of amides is 2. The van der Waals surface area contributed by atoms with Gasteiger partial charge in [-0.05, 0) is 23.6 Å². The number of aliphatic hydroxyl groups excluding tert-OH is 1. The van der Waals surface area contributed by atoms with Gasteiger partial charge in [0.1, 0.15) is 0 Å². The minimum absolute atomic E-state index is 0.0300. The molecule has 8 heteroatoms. The molecule has 3 rings (SSSR count). The van der Waals surface area contributed by atoms with Crippen LogP contribution in [0.25, 0.3) is 5.57 Å². The van der Waals surface area contributed by atoms with Gasteiger partial charge < -0.3 is 5.11 Å². The van der Waals surface area contributed by atoms with Crippen molar-refractivity contribution in [2.75, 3.05) is 17.3 Å². The molecule has 2 aromatic rings. The maximum Gasteiger partial charge on any atom is 0.272 e. The van der Waals surface area contributed by atoms with Crippen molar-refractivity contribution in [3.8, 4) is 0 Å². The Hall–Kier alpha value is -2.03. The summed E-state index contributed by atoms with van der Waals surface area (Å²) in [5, 5.41) is 10.8. The maximum absolute atomic E-state index is 13.5. The van der Waals surface area contributed by atoms with E-state index in [9.17, 15) is 18.4 Å². The number of aliphatic hydroxyl groups is 1. The summed E-state index contributed by atoms with van der Waals surface area (Å²) in [5.41, 5.74) is 0.190. The second kappa shape index (κ2) is 6.84. The van der Waals surface area contributed by atoms with Crippen LogP contribution in [0.15, 0.2) is 40.6 Å². The van der Waals surface area contributed by atoms with Crippen LogP contribution in [-0.2, 0) is 9.59 Å². The molecule has 124 valence electrons. The minimum Gasteiger partial charge on any atom is -0.396 e. The zero-order valence-electron chi connectivity index (χ0n) is 12.2. The van der Waals surface area contributed by atoms with Crippen LogP contribution in [-0.4, -0.2) is 29.3 Å². The van der Waals surface area contributed by atoms with Gasteiger partial charge in [0.05, 0.1) is 22.8 Å². The number of benzene rings is 1. The Morgan fingerprint density at radius 2 is 1.92 bits per heavy atom. The highest BCUT2D eigenvalue weighted by Crippen LogP contribution is 2.39. The molecule has 2 amide bonds. The Morgan fingerprint density at radius 3 is 2.54 bits per heavy atom. The molecule has 2 heterocycles. The predicted octanol–water partition coefficient (Wildman–Crippen LogP) is 3.04. The van der Waals surface area contributed by atoms with Gasteiger partial charge in [-0.15, -0.1) is 23.1 Å². The molecule has 1 N–H and O–H groups in total. The molecule has 1 aliphatic heterocycles. The summed E-state index contributed by atoms with van der Waals surface area (Å²) < 4.78 is 26.6. The van der Waals surface area contributed by atoms with Gasteiger partial charge in [-0.1, -0.05) is 6.07 Å². The predicted molar refractivity (Wildman–Crippen MR) is 89.6 cm³/mol. The smallest absolute Gasteiger partial charge is 0.272 e. The molecule has 0 unspecified atom stereocenters. The number of rotatable bonds is 5. The molecule has 0 spiro atoms. The fourth-order valence-electron chi connectivity index (χ4n) is 2.29. The third-order valence-corrected chi connectivity index (χ3v) is 5.25. The van der Waals surface area contributed by atoms with E-state index in [2.05, 4.69) is 0 Å². The van der Waals surface area contributed by atoms with Crippen LogP contribution < -0.4 is 4.90 Å². The monoisotopic (exact) mass is 367 g/mol. The van der Waals surface area contributed by atoms with Crippen molar-refractivity contribution >= 4 is 46.2 Å². The van der Waals surface area contributed by atoms with E-state index in [-0.39, 0.29) is 28.5 Å². The lowest BCUT2D eigenvalue weighted by Crippen LogP contribution is -2.31. The molecular weight excluding hydrogens is 356 g/mol. The zero-order chi connectivity index (χ0) is 17.3. The summed E-state index contributed by atoms with van der Waals surface area (Å²) in [6.45, 7) is -0.154. The molecule has 1 aromatic carbocycles. The van der Waals surface area contributed by atoms with Crippen molar-refractivity contribution in [1.82, 2.24) is 0 Å². The number of imide groups is 1. The van der Waals surface area contributed by atoms with Gasteiger partial charge in [-0.3, -0.25) is 9.59 Å². The molecule has 24 heavy (non-hydrogen) atoms. The van der Waals surface area contributed by atoms with Crippen molar-refractivity contribution < 1.29 is 23.5 Å². The zero-order valence-corrected chi connectivity index (χ0v) is 13.8. The third-order valence-electron chi connectivity index (χ3n) is 3.31. The van der Waals surface area contributed by atoms with Gasteiger partial charge in [-0.2, -0.15) is 0 Å². The van der Waals surface area contributed by atoms with Gasteiger partial charge in [0.15, 0.2) is 11.6 Å². The first-order chi connectivity index (χ1) is 11.5. The number of nitrogens with zero attached hydrogens (tertiary/aromatic N) is 1. The van der Waals surface area contributed by atoms with E-state index in [1.165, 1.54) is 17.4 Å². The van der Waals surface area contributed by atoms with E-state index in [1.54, 1.807) is 17.5 Å². The van der Waals surface area contributed by atoms with Crippen LogP contribution in [0, 0.1) is 11.6 Å². The molecule has 4 nitrogen and oxygen atoms in total. The molecule has 0 bridgehead atoms. The van der Waals surface area contributed by atoms with E-state index in [0.29, 0.717) is 4.88 Å². The minimum atomic E-state index is -1.14. The Labute approximate surface area is 144 Å². The lowest BCUT2D eigenvalue weighted by molar-refractivity contribution is -0.119. The number of thiophene rings is 1. The molecule has 0 saturated heterocycles. The number of anilines is 1. The highest BCUT2D eigenvalue weighted by molar-refractivity contribution is 8.04. The average Bonchev–Trinajstić information content (AvgIpc) is 3.15. The summed E-state index contributed by atoms with van der Waals surface area (Å²) >= 11 is 2.36. The summed E-state index contributed by atoms with van der Waals surface area (Å²) in [6, 6.07) is 6.32. The van der Waals surface area contributed by atoms with Gasteiger partial charge >= 0.3 is 0 Å². The first kappa shape index (κ1) is 16.8. The van der Waals surface area contributed by atoms with Crippen molar-refractivity contribution in [2.24, 2.45) is 0 Å². The summed E-state index contributed by atoms with van der Waals surface area (Å²) in [7, 11) is 0. The highest BCUT2D eigenvalue weighted by Gasteiger charge is 2.40. The molecule has 0 aliphatic carbocycles. The lowest BCUT2D eigenvalue weighted by Gasteiger charge is -2.15. The quantitative estimate of drug-likeness (QED) is 0.826. The van der Waals surface area contributed by atoms with Crippen molar-refractivity contribution in [2.45, 2.75) is 0 Å². The van der Waals surface area contributed by atoms with E-state index in [0.717, 1.165) is 28.8 Å². The number of halogens is 2.